The molecule has 1 amide bonds. The highest BCUT2D eigenvalue weighted by atomic mass is 19.1. The molecule has 222 valence electrons. The zero-order valence-corrected chi connectivity index (χ0v) is 24.3. The van der Waals surface area contributed by atoms with Crippen LogP contribution in [0.15, 0.2) is 60.1 Å². The van der Waals surface area contributed by atoms with Crippen molar-refractivity contribution in [3.8, 4) is 11.3 Å². The summed E-state index contributed by atoms with van der Waals surface area (Å²) in [6.07, 6.45) is 0.244. The first-order valence-electron chi connectivity index (χ1n) is 14.6. The monoisotopic (exact) mass is 585 g/mol. The van der Waals surface area contributed by atoms with Gasteiger partial charge in [-0.3, -0.25) is 9.69 Å². The summed E-state index contributed by atoms with van der Waals surface area (Å²) in [5, 5.41) is 6.78. The van der Waals surface area contributed by atoms with Crippen LogP contribution in [0.3, 0.4) is 0 Å². The van der Waals surface area contributed by atoms with Crippen LogP contribution in [0.1, 0.15) is 38.0 Å². The van der Waals surface area contributed by atoms with E-state index in [0.29, 0.717) is 49.1 Å². The lowest BCUT2D eigenvalue weighted by molar-refractivity contribution is -0.130. The number of rotatable bonds is 1. The minimum atomic E-state index is -0.796. The van der Waals surface area contributed by atoms with E-state index in [9.17, 15) is 4.79 Å². The third-order valence-electron chi connectivity index (χ3n) is 8.67. The smallest absolute Gasteiger partial charge is 0.246 e. The fourth-order valence-corrected chi connectivity index (χ4v) is 6.58. The van der Waals surface area contributed by atoms with Crippen LogP contribution in [0, 0.1) is 11.6 Å². The summed E-state index contributed by atoms with van der Waals surface area (Å²) >= 11 is 0. The first kappa shape index (κ1) is 27.3. The van der Waals surface area contributed by atoms with Crippen molar-refractivity contribution in [2.75, 3.05) is 41.7 Å². The number of nitrogens with one attached hydrogen (secondary N) is 2. The van der Waals surface area contributed by atoms with Crippen molar-refractivity contribution in [3.05, 3.63) is 77.9 Å². The van der Waals surface area contributed by atoms with Crippen LogP contribution >= 0.6 is 0 Å². The molecule has 43 heavy (non-hydrogen) atoms. The van der Waals surface area contributed by atoms with Crippen LogP contribution in [0.5, 0.6) is 0 Å². The highest BCUT2D eigenvalue weighted by Crippen LogP contribution is 2.49. The Morgan fingerprint density at radius 2 is 1.77 bits per heavy atom. The summed E-state index contributed by atoms with van der Waals surface area (Å²) in [5.41, 5.74) is 3.57. The number of benzene rings is 2. The van der Waals surface area contributed by atoms with Gasteiger partial charge in [-0.15, -0.1) is 0 Å². The van der Waals surface area contributed by atoms with E-state index in [1.165, 1.54) is 18.2 Å². The number of pyridine rings is 1. The van der Waals surface area contributed by atoms with E-state index in [1.54, 1.807) is 17.0 Å². The molecule has 4 aliphatic heterocycles. The van der Waals surface area contributed by atoms with E-state index in [4.69, 9.17) is 14.7 Å². The molecular weight excluding hydrogens is 552 g/mol. The highest BCUT2D eigenvalue weighted by molar-refractivity contribution is 6.07. The Kier molecular flexibility index (Phi) is 6.57. The summed E-state index contributed by atoms with van der Waals surface area (Å²) in [7, 11) is 0. The van der Waals surface area contributed by atoms with E-state index in [-0.39, 0.29) is 35.4 Å². The number of carbonyl (C=O) groups excluding carboxylic acids is 1. The minimum Gasteiger partial charge on any atom is -0.383 e. The normalized spacial score (nSPS) is 24.0. The lowest BCUT2D eigenvalue weighted by Gasteiger charge is -2.48. The molecule has 3 aromatic rings. The molecule has 2 unspecified atom stereocenters. The molecule has 4 atom stereocenters. The number of amides is 1. The van der Waals surface area contributed by atoms with Crippen molar-refractivity contribution in [2.24, 2.45) is 4.99 Å². The quantitative estimate of drug-likeness (QED) is 0.378. The van der Waals surface area contributed by atoms with Crippen LogP contribution in [0.25, 0.3) is 11.3 Å². The largest absolute Gasteiger partial charge is 0.383 e. The standard InChI is InChI=1S/C32H33F2N7O2/c1-5-26(42)39-15-18(3)40(16-17(39)2)30-21-14-23(34)28-27-22(33)9-7-10-24(27)35-12-13-36-25-11-6-8-20-19(4)43-32(38-30)41(29(20)25)31(21)37-28/h5-11,14,17-19,32,35-36H,1,12-13,15-16H2,2-4H3/t17-,18+,19?,32?/m1/s1. The van der Waals surface area contributed by atoms with Crippen molar-refractivity contribution in [1.82, 2.24) is 14.8 Å². The molecule has 7 rings (SSSR count). The molecule has 1 saturated heterocycles. The van der Waals surface area contributed by atoms with Crippen LogP contribution in [0.4, 0.5) is 31.7 Å². The Bertz CT molecular complexity index is 1680. The molecule has 9 nitrogen and oxygen atoms in total. The van der Waals surface area contributed by atoms with Crippen LogP contribution in [0.2, 0.25) is 0 Å². The van der Waals surface area contributed by atoms with E-state index in [0.717, 1.165) is 16.9 Å². The Hall–Kier alpha value is -4.51. The molecule has 0 radical (unpaired) electrons. The predicted octanol–water partition coefficient (Wildman–Crippen LogP) is 5.24. The van der Waals surface area contributed by atoms with Crippen molar-refractivity contribution < 1.29 is 18.3 Å². The molecule has 11 heteroatoms. The van der Waals surface area contributed by atoms with E-state index in [1.807, 2.05) is 43.9 Å². The summed E-state index contributed by atoms with van der Waals surface area (Å²) in [5.74, 6) is -0.412. The van der Waals surface area contributed by atoms with Gasteiger partial charge in [-0.1, -0.05) is 24.8 Å². The molecule has 0 spiro atoms. The van der Waals surface area contributed by atoms with Gasteiger partial charge < -0.3 is 25.2 Å². The van der Waals surface area contributed by atoms with E-state index in [2.05, 4.69) is 22.1 Å². The van der Waals surface area contributed by atoms with E-state index < -0.39 is 18.0 Å². The maximum Gasteiger partial charge on any atom is 0.246 e. The summed E-state index contributed by atoms with van der Waals surface area (Å²) in [6.45, 7) is 11.5. The minimum absolute atomic E-state index is 0.0716. The second kappa shape index (κ2) is 10.3. The number of nitrogens with zero attached hydrogens (tertiary/aromatic N) is 5. The van der Waals surface area contributed by atoms with Gasteiger partial charge >= 0.3 is 0 Å². The highest BCUT2D eigenvalue weighted by Gasteiger charge is 2.43. The van der Waals surface area contributed by atoms with Crippen molar-refractivity contribution >= 4 is 34.6 Å². The molecule has 0 saturated carbocycles. The van der Waals surface area contributed by atoms with Gasteiger partial charge in [0.25, 0.3) is 0 Å². The molecular formula is C32H33F2N7O2. The predicted molar refractivity (Wildman–Crippen MR) is 163 cm³/mol. The van der Waals surface area contributed by atoms with Gasteiger partial charge in [0.05, 0.1) is 28.6 Å². The van der Waals surface area contributed by atoms with Crippen LogP contribution in [-0.2, 0) is 9.53 Å². The number of piperazine rings is 1. The van der Waals surface area contributed by atoms with Gasteiger partial charge in [0, 0.05) is 49.5 Å². The number of ether oxygens (including phenoxy) is 1. The fourth-order valence-electron chi connectivity index (χ4n) is 6.58. The number of para-hydroxylation sites is 1. The SMILES string of the molecule is C=CC(=O)N1C[C@H](C)N(C2=NC3OC(C)c4cccc5c4N3c3nc(c(F)cc32)-c2c(F)cccc2NCCN5)C[C@H]1C. The Labute approximate surface area is 248 Å². The number of hydrogen-bond donors (Lipinski definition) is 2. The number of hydrogen-bond acceptors (Lipinski definition) is 8. The number of carbonyl (C=O) groups is 1. The van der Waals surface area contributed by atoms with E-state index >= 15 is 8.78 Å². The molecule has 0 aliphatic carbocycles. The second-order valence-corrected chi connectivity index (χ2v) is 11.4. The Morgan fingerprint density at radius 1 is 1.02 bits per heavy atom. The lowest BCUT2D eigenvalue weighted by atomic mass is 9.99. The molecule has 4 aliphatic rings. The number of fused-ring (bicyclic) bond motifs is 3. The maximum absolute atomic E-state index is 16.2. The lowest BCUT2D eigenvalue weighted by Crippen LogP contribution is -2.60. The number of anilines is 4. The average Bonchev–Trinajstić information content (AvgIpc) is 2.99. The topological polar surface area (TPSA) is 85.3 Å². The number of aliphatic imine (C=N–C) groups is 1. The number of aromatic nitrogens is 1. The zero-order valence-electron chi connectivity index (χ0n) is 24.3. The number of halogens is 2. The molecule has 2 bridgehead atoms. The first-order valence-corrected chi connectivity index (χ1v) is 14.6. The van der Waals surface area contributed by atoms with Crippen molar-refractivity contribution in [3.63, 3.8) is 0 Å². The third kappa shape index (κ3) is 4.32. The Morgan fingerprint density at radius 3 is 2.56 bits per heavy atom. The van der Waals surface area contributed by atoms with Gasteiger partial charge in [-0.2, -0.15) is 0 Å². The summed E-state index contributed by atoms with van der Waals surface area (Å²) in [4.78, 5) is 28.3. The van der Waals surface area contributed by atoms with Gasteiger partial charge in [0.2, 0.25) is 12.3 Å². The van der Waals surface area contributed by atoms with Gasteiger partial charge in [0.1, 0.15) is 23.2 Å². The van der Waals surface area contributed by atoms with Gasteiger partial charge in [-0.05, 0) is 51.1 Å². The first-order chi connectivity index (χ1) is 20.8. The zero-order chi connectivity index (χ0) is 30.0. The molecule has 2 N–H and O–H groups in total. The van der Waals surface area contributed by atoms with Gasteiger partial charge in [-0.25, -0.2) is 18.8 Å². The van der Waals surface area contributed by atoms with Crippen LogP contribution in [-0.4, -0.2) is 71.1 Å². The second-order valence-electron chi connectivity index (χ2n) is 11.4. The molecule has 1 fully saturated rings. The molecule has 1 aromatic heterocycles. The number of amidine groups is 1. The maximum atomic E-state index is 16.2. The Balaban J connectivity index is 1.46. The fraction of sp³-hybridized carbons (Fsp3) is 0.344. The van der Waals surface area contributed by atoms with Crippen molar-refractivity contribution in [1.29, 1.82) is 0 Å². The van der Waals surface area contributed by atoms with Crippen molar-refractivity contribution in [2.45, 2.75) is 45.3 Å². The summed E-state index contributed by atoms with van der Waals surface area (Å²) < 4.78 is 38.1. The molecule has 5 heterocycles. The average molecular weight is 586 g/mol. The summed E-state index contributed by atoms with van der Waals surface area (Å²) in [6, 6.07) is 11.7. The van der Waals surface area contributed by atoms with Gasteiger partial charge in [0.15, 0.2) is 5.82 Å². The third-order valence-corrected chi connectivity index (χ3v) is 8.67. The van der Waals surface area contributed by atoms with Crippen LogP contribution < -0.4 is 15.5 Å². The molecule has 2 aromatic carbocycles.